The summed E-state index contributed by atoms with van der Waals surface area (Å²) in [6.07, 6.45) is 3.04. The summed E-state index contributed by atoms with van der Waals surface area (Å²) in [5.41, 5.74) is 1.71. The van der Waals surface area contributed by atoms with Crippen LogP contribution < -0.4 is 4.72 Å². The molecule has 2 aromatic rings. The predicted molar refractivity (Wildman–Crippen MR) is 69.2 cm³/mol. The van der Waals surface area contributed by atoms with Crippen molar-refractivity contribution in [3.63, 3.8) is 0 Å². The molecule has 7 heteroatoms. The first-order chi connectivity index (χ1) is 9.09. The monoisotopic (exact) mass is 276 g/mol. The molecule has 6 nitrogen and oxygen atoms in total. The highest BCUT2D eigenvalue weighted by atomic mass is 32.2. The van der Waals surface area contributed by atoms with Crippen molar-refractivity contribution >= 4 is 10.0 Å². The second kappa shape index (κ2) is 5.65. The lowest BCUT2D eigenvalue weighted by atomic mass is 10.2. The number of hydrogen-bond donors (Lipinski definition) is 2. The van der Waals surface area contributed by atoms with Crippen LogP contribution >= 0.6 is 0 Å². The molecule has 0 amide bonds. The van der Waals surface area contributed by atoms with E-state index in [2.05, 4.69) is 14.7 Å². The Kier molecular flexibility index (Phi) is 3.94. The number of sulfonamides is 1. The van der Waals surface area contributed by atoms with Crippen LogP contribution in [-0.4, -0.2) is 18.4 Å². The van der Waals surface area contributed by atoms with Crippen LogP contribution in [0.5, 0.6) is 0 Å². The molecular weight excluding hydrogens is 264 g/mol. The van der Waals surface area contributed by atoms with Gasteiger partial charge in [0, 0.05) is 11.9 Å². The second-order valence-corrected chi connectivity index (χ2v) is 5.78. The zero-order valence-corrected chi connectivity index (χ0v) is 10.8. The van der Waals surface area contributed by atoms with Crippen molar-refractivity contribution < 1.29 is 8.42 Å². The number of nitriles is 1. The molecule has 0 saturated heterocycles. The maximum atomic E-state index is 11.9. The van der Waals surface area contributed by atoms with E-state index < -0.39 is 10.0 Å². The largest absolute Gasteiger partial charge is 0.347 e. The number of hydrogen-bond acceptors (Lipinski definition) is 4. The first-order valence-electron chi connectivity index (χ1n) is 5.53. The van der Waals surface area contributed by atoms with E-state index in [9.17, 15) is 8.42 Å². The molecule has 0 spiro atoms. The van der Waals surface area contributed by atoms with Gasteiger partial charge in [0.25, 0.3) is 0 Å². The number of H-pyrrole nitrogens is 1. The van der Waals surface area contributed by atoms with E-state index in [4.69, 9.17) is 5.26 Å². The minimum absolute atomic E-state index is 0.156. The molecular formula is C12H12N4O2S. The number of nitrogens with zero attached hydrogens (tertiary/aromatic N) is 2. The molecule has 1 heterocycles. The third-order valence-corrected chi connectivity index (χ3v) is 3.75. The van der Waals surface area contributed by atoms with Gasteiger partial charge in [0.1, 0.15) is 0 Å². The summed E-state index contributed by atoms with van der Waals surface area (Å²) in [5, 5.41) is 8.76. The van der Waals surface area contributed by atoms with Crippen molar-refractivity contribution in [1.29, 1.82) is 5.26 Å². The van der Waals surface area contributed by atoms with E-state index in [1.54, 1.807) is 30.5 Å². The van der Waals surface area contributed by atoms with E-state index >= 15 is 0 Å². The van der Waals surface area contributed by atoms with Crippen LogP contribution in [0.1, 0.15) is 16.8 Å². The lowest BCUT2D eigenvalue weighted by molar-refractivity contribution is 0.579. The Balaban J connectivity index is 2.02. The fourth-order valence-electron chi connectivity index (χ4n) is 1.57. The first-order valence-corrected chi connectivity index (χ1v) is 7.18. The van der Waals surface area contributed by atoms with Gasteiger partial charge in [-0.15, -0.1) is 0 Å². The van der Waals surface area contributed by atoms with E-state index in [1.165, 1.54) is 6.33 Å². The Morgan fingerprint density at radius 2 is 2.26 bits per heavy atom. The summed E-state index contributed by atoms with van der Waals surface area (Å²) >= 11 is 0. The molecule has 2 rings (SSSR count). The fraction of sp³-hybridized carbons (Fsp3) is 0.167. The lowest BCUT2D eigenvalue weighted by Crippen LogP contribution is -2.24. The zero-order valence-electron chi connectivity index (χ0n) is 10.00. The Morgan fingerprint density at radius 1 is 1.42 bits per heavy atom. The summed E-state index contributed by atoms with van der Waals surface area (Å²) in [6, 6.07) is 8.52. The highest BCUT2D eigenvalue weighted by Gasteiger charge is 2.11. The van der Waals surface area contributed by atoms with Gasteiger partial charge in [-0.3, -0.25) is 0 Å². The minimum Gasteiger partial charge on any atom is -0.347 e. The number of imidazole rings is 1. The molecule has 1 aromatic carbocycles. The maximum Gasteiger partial charge on any atom is 0.216 e. The molecule has 0 aliphatic carbocycles. The van der Waals surface area contributed by atoms with Crippen LogP contribution in [0.2, 0.25) is 0 Å². The van der Waals surface area contributed by atoms with Gasteiger partial charge in [-0.1, -0.05) is 12.1 Å². The highest BCUT2D eigenvalue weighted by molar-refractivity contribution is 7.88. The van der Waals surface area contributed by atoms with Crippen molar-refractivity contribution in [3.8, 4) is 6.07 Å². The Morgan fingerprint density at radius 3 is 2.95 bits per heavy atom. The van der Waals surface area contributed by atoms with Gasteiger partial charge in [0.2, 0.25) is 10.0 Å². The van der Waals surface area contributed by atoms with Crippen LogP contribution in [-0.2, 0) is 22.3 Å². The Hall–Kier alpha value is -2.17. The quantitative estimate of drug-likeness (QED) is 0.847. The normalized spacial score (nSPS) is 11.1. The van der Waals surface area contributed by atoms with Gasteiger partial charge < -0.3 is 4.98 Å². The summed E-state index contributed by atoms with van der Waals surface area (Å²) in [6.45, 7) is 0.167. The second-order valence-electron chi connectivity index (χ2n) is 3.97. The predicted octanol–water partition coefficient (Wildman–Crippen LogP) is 0.901. The molecule has 0 radical (unpaired) electrons. The molecule has 0 bridgehead atoms. The number of nitrogens with one attached hydrogen (secondary N) is 2. The third kappa shape index (κ3) is 3.91. The average Bonchev–Trinajstić information content (AvgIpc) is 2.89. The number of aromatic nitrogens is 2. The van der Waals surface area contributed by atoms with Gasteiger partial charge in [0.05, 0.1) is 30.3 Å². The average molecular weight is 276 g/mol. The molecule has 98 valence electrons. The van der Waals surface area contributed by atoms with Crippen LogP contribution in [0, 0.1) is 11.3 Å². The zero-order chi connectivity index (χ0) is 13.7. The van der Waals surface area contributed by atoms with Gasteiger partial charge in [-0.2, -0.15) is 5.26 Å². The van der Waals surface area contributed by atoms with Gasteiger partial charge >= 0.3 is 0 Å². The van der Waals surface area contributed by atoms with E-state index in [0.29, 0.717) is 16.8 Å². The van der Waals surface area contributed by atoms with E-state index in [0.717, 1.165) is 0 Å². The standard InChI is InChI=1S/C12H12N4O2S/c13-5-10-2-1-3-11(4-10)8-19(17,18)16-7-12-6-14-9-15-12/h1-4,6,9,16H,7-8H2,(H,14,15). The molecule has 0 atom stereocenters. The smallest absolute Gasteiger partial charge is 0.216 e. The highest BCUT2D eigenvalue weighted by Crippen LogP contribution is 2.08. The van der Waals surface area contributed by atoms with Crippen molar-refractivity contribution in [2.24, 2.45) is 0 Å². The summed E-state index contributed by atoms with van der Waals surface area (Å²) < 4.78 is 26.2. The molecule has 0 fully saturated rings. The molecule has 0 saturated carbocycles. The Labute approximate surface area is 111 Å². The van der Waals surface area contributed by atoms with E-state index in [1.807, 2.05) is 6.07 Å². The lowest BCUT2D eigenvalue weighted by Gasteiger charge is -2.06. The van der Waals surface area contributed by atoms with Gasteiger partial charge in [-0.05, 0) is 17.7 Å². The fourth-order valence-corrected chi connectivity index (χ4v) is 2.67. The van der Waals surface area contributed by atoms with Crippen LogP contribution in [0.25, 0.3) is 0 Å². The van der Waals surface area contributed by atoms with Crippen molar-refractivity contribution in [2.45, 2.75) is 12.3 Å². The minimum atomic E-state index is -3.44. The first kappa shape index (κ1) is 13.3. The number of benzene rings is 1. The number of rotatable bonds is 5. The van der Waals surface area contributed by atoms with Gasteiger partial charge in [-0.25, -0.2) is 18.1 Å². The SMILES string of the molecule is N#Cc1cccc(CS(=O)(=O)NCc2cnc[nH]2)c1. The molecule has 0 aliphatic heterocycles. The van der Waals surface area contributed by atoms with Crippen molar-refractivity contribution in [2.75, 3.05) is 0 Å². The molecule has 19 heavy (non-hydrogen) atoms. The summed E-state index contributed by atoms with van der Waals surface area (Å²) in [5.74, 6) is -0.156. The van der Waals surface area contributed by atoms with Crippen molar-refractivity contribution in [1.82, 2.24) is 14.7 Å². The summed E-state index contributed by atoms with van der Waals surface area (Å²) in [7, 11) is -3.44. The summed E-state index contributed by atoms with van der Waals surface area (Å²) in [4.78, 5) is 6.61. The van der Waals surface area contributed by atoms with Crippen molar-refractivity contribution in [3.05, 3.63) is 53.6 Å². The molecule has 2 N–H and O–H groups in total. The molecule has 0 aliphatic rings. The molecule has 0 unspecified atom stereocenters. The number of aromatic amines is 1. The third-order valence-electron chi connectivity index (χ3n) is 2.45. The van der Waals surface area contributed by atoms with E-state index in [-0.39, 0.29) is 12.3 Å². The van der Waals surface area contributed by atoms with Crippen LogP contribution in [0.15, 0.2) is 36.8 Å². The van der Waals surface area contributed by atoms with Crippen LogP contribution in [0.3, 0.4) is 0 Å². The topological polar surface area (TPSA) is 98.6 Å². The molecule has 1 aromatic heterocycles. The Bertz CT molecular complexity index is 687. The van der Waals surface area contributed by atoms with Gasteiger partial charge in [0.15, 0.2) is 0 Å². The maximum absolute atomic E-state index is 11.9. The van der Waals surface area contributed by atoms with Crippen LogP contribution in [0.4, 0.5) is 0 Å².